The predicted octanol–water partition coefficient (Wildman–Crippen LogP) is 3.91. The van der Waals surface area contributed by atoms with Gasteiger partial charge in [-0.1, -0.05) is 75.8 Å². The molecule has 1 aromatic rings. The van der Waals surface area contributed by atoms with E-state index in [1.165, 1.54) is 25.7 Å². The summed E-state index contributed by atoms with van der Waals surface area (Å²) in [4.78, 5) is 24.0. The van der Waals surface area contributed by atoms with Crippen molar-refractivity contribution in [2.24, 2.45) is 5.73 Å². The molecule has 0 bridgehead atoms. The molecule has 0 amide bonds. The number of carbonyl (C=O) groups excluding carboxylic acids is 2. The van der Waals surface area contributed by atoms with Crippen LogP contribution >= 0.6 is 0 Å². The molecule has 21 heavy (non-hydrogen) atoms. The van der Waals surface area contributed by atoms with E-state index in [1.807, 2.05) is 6.07 Å². The molecular weight excluding hydrogens is 262 g/mol. The summed E-state index contributed by atoms with van der Waals surface area (Å²) in [5, 5.41) is 0. The zero-order valence-corrected chi connectivity index (χ0v) is 13.0. The van der Waals surface area contributed by atoms with Crippen molar-refractivity contribution in [1.29, 1.82) is 0 Å². The number of carbonyl (C=O) groups is 2. The lowest BCUT2D eigenvalue weighted by atomic mass is 9.98. The number of hydrogen-bond donors (Lipinski definition) is 1. The van der Waals surface area contributed by atoms with E-state index in [0.29, 0.717) is 12.0 Å². The molecule has 0 saturated heterocycles. The van der Waals surface area contributed by atoms with Gasteiger partial charge in [0, 0.05) is 12.0 Å². The van der Waals surface area contributed by atoms with Crippen molar-refractivity contribution in [2.75, 3.05) is 0 Å². The van der Waals surface area contributed by atoms with E-state index in [4.69, 9.17) is 5.73 Å². The smallest absolute Gasteiger partial charge is 0.187 e. The summed E-state index contributed by atoms with van der Waals surface area (Å²) >= 11 is 0. The first-order valence-electron chi connectivity index (χ1n) is 8.04. The van der Waals surface area contributed by atoms with Crippen LogP contribution in [0.2, 0.25) is 0 Å². The number of unbranched alkanes of at least 4 members (excludes halogenated alkanes) is 6. The first kappa shape index (κ1) is 17.6. The molecule has 3 nitrogen and oxygen atoms in total. The summed E-state index contributed by atoms with van der Waals surface area (Å²) in [7, 11) is 0. The molecular formula is C18H27NO2. The largest absolute Gasteiger partial charge is 0.315 e. The van der Waals surface area contributed by atoms with Gasteiger partial charge in [-0.2, -0.15) is 0 Å². The third kappa shape index (κ3) is 6.67. The van der Waals surface area contributed by atoms with Gasteiger partial charge < -0.3 is 5.73 Å². The first-order chi connectivity index (χ1) is 10.2. The molecule has 1 atom stereocenters. The van der Waals surface area contributed by atoms with Crippen LogP contribution < -0.4 is 5.73 Å². The SMILES string of the molecule is CCCCCCCCCC(=O)C(N)C(=O)c1ccccc1. The second-order valence-electron chi connectivity index (χ2n) is 5.55. The second-order valence-corrected chi connectivity index (χ2v) is 5.55. The van der Waals surface area contributed by atoms with E-state index >= 15 is 0 Å². The molecule has 2 N–H and O–H groups in total. The number of Topliss-reactive ketones (excluding diaryl/α,β-unsaturated/α-hetero) is 2. The highest BCUT2D eigenvalue weighted by molar-refractivity contribution is 6.13. The van der Waals surface area contributed by atoms with Gasteiger partial charge in [-0.05, 0) is 6.42 Å². The highest BCUT2D eigenvalue weighted by Crippen LogP contribution is 2.10. The highest BCUT2D eigenvalue weighted by atomic mass is 16.2. The summed E-state index contributed by atoms with van der Waals surface area (Å²) < 4.78 is 0. The van der Waals surface area contributed by atoms with Crippen molar-refractivity contribution in [3.63, 3.8) is 0 Å². The van der Waals surface area contributed by atoms with Crippen LogP contribution in [0, 0.1) is 0 Å². The summed E-state index contributed by atoms with van der Waals surface area (Å²) in [6, 6.07) is 7.78. The maximum atomic E-state index is 12.0. The normalized spacial score (nSPS) is 12.1. The Hall–Kier alpha value is -1.48. The van der Waals surface area contributed by atoms with Crippen LogP contribution in [0.1, 0.15) is 68.6 Å². The second kappa shape index (κ2) is 10.3. The molecule has 0 aliphatic rings. The van der Waals surface area contributed by atoms with Crippen LogP contribution in [-0.2, 0) is 4.79 Å². The van der Waals surface area contributed by atoms with Gasteiger partial charge in [-0.3, -0.25) is 9.59 Å². The van der Waals surface area contributed by atoms with Gasteiger partial charge in [0.2, 0.25) is 0 Å². The Morgan fingerprint density at radius 3 is 2.14 bits per heavy atom. The molecule has 0 heterocycles. The van der Waals surface area contributed by atoms with Gasteiger partial charge in [0.05, 0.1) is 0 Å². The molecule has 0 fully saturated rings. The molecule has 3 heteroatoms. The van der Waals surface area contributed by atoms with Crippen LogP contribution in [0.3, 0.4) is 0 Å². The van der Waals surface area contributed by atoms with E-state index in [2.05, 4.69) is 6.92 Å². The minimum absolute atomic E-state index is 0.141. The highest BCUT2D eigenvalue weighted by Gasteiger charge is 2.22. The quantitative estimate of drug-likeness (QED) is 0.382. The summed E-state index contributed by atoms with van der Waals surface area (Å²) in [5.41, 5.74) is 6.29. The fraction of sp³-hybridized carbons (Fsp3) is 0.556. The number of benzene rings is 1. The molecule has 0 saturated carbocycles. The van der Waals surface area contributed by atoms with E-state index in [0.717, 1.165) is 19.3 Å². The summed E-state index contributed by atoms with van der Waals surface area (Å²) in [6.45, 7) is 2.20. The minimum atomic E-state index is -1.01. The molecule has 1 rings (SSSR count). The van der Waals surface area contributed by atoms with Gasteiger partial charge in [0.1, 0.15) is 6.04 Å². The van der Waals surface area contributed by atoms with Crippen molar-refractivity contribution in [2.45, 2.75) is 64.3 Å². The monoisotopic (exact) mass is 289 g/mol. The average Bonchev–Trinajstić information content (AvgIpc) is 2.53. The van der Waals surface area contributed by atoms with E-state index in [9.17, 15) is 9.59 Å². The summed E-state index contributed by atoms with van der Waals surface area (Å²) in [5.74, 6) is -0.416. The Bertz CT molecular complexity index is 428. The van der Waals surface area contributed by atoms with Gasteiger partial charge in [0.25, 0.3) is 0 Å². The number of nitrogens with two attached hydrogens (primary N) is 1. The fourth-order valence-electron chi connectivity index (χ4n) is 2.34. The number of ketones is 2. The fourth-order valence-corrected chi connectivity index (χ4v) is 2.34. The van der Waals surface area contributed by atoms with Crippen molar-refractivity contribution < 1.29 is 9.59 Å². The standard InChI is InChI=1S/C18H27NO2/c1-2-3-4-5-6-7-11-14-16(20)17(19)18(21)15-12-9-8-10-13-15/h8-10,12-13,17H,2-7,11,14,19H2,1H3. The number of hydrogen-bond acceptors (Lipinski definition) is 3. The molecule has 0 aromatic heterocycles. The Morgan fingerprint density at radius 1 is 0.952 bits per heavy atom. The molecule has 0 aliphatic heterocycles. The van der Waals surface area contributed by atoms with Gasteiger partial charge in [-0.25, -0.2) is 0 Å². The van der Waals surface area contributed by atoms with Crippen LogP contribution in [-0.4, -0.2) is 17.6 Å². The van der Waals surface area contributed by atoms with Crippen molar-refractivity contribution in [1.82, 2.24) is 0 Å². The maximum Gasteiger partial charge on any atom is 0.187 e. The lowest BCUT2D eigenvalue weighted by Crippen LogP contribution is -2.38. The Morgan fingerprint density at radius 2 is 1.52 bits per heavy atom. The van der Waals surface area contributed by atoms with Crippen LogP contribution in [0.5, 0.6) is 0 Å². The predicted molar refractivity (Wildman–Crippen MR) is 86.4 cm³/mol. The van der Waals surface area contributed by atoms with E-state index in [1.54, 1.807) is 24.3 Å². The average molecular weight is 289 g/mol. The maximum absolute atomic E-state index is 12.0. The Kier molecular flexibility index (Phi) is 8.60. The first-order valence-corrected chi connectivity index (χ1v) is 8.04. The summed E-state index contributed by atoms with van der Waals surface area (Å²) in [6.07, 6.45) is 8.49. The third-order valence-electron chi connectivity index (χ3n) is 3.71. The Labute approximate surface area is 127 Å². The zero-order chi connectivity index (χ0) is 15.5. The van der Waals surface area contributed by atoms with Crippen molar-refractivity contribution >= 4 is 11.6 Å². The molecule has 116 valence electrons. The van der Waals surface area contributed by atoms with Crippen molar-refractivity contribution in [3.8, 4) is 0 Å². The molecule has 1 unspecified atom stereocenters. The molecule has 1 aromatic carbocycles. The molecule has 0 aliphatic carbocycles. The van der Waals surface area contributed by atoms with E-state index < -0.39 is 6.04 Å². The topological polar surface area (TPSA) is 60.2 Å². The van der Waals surface area contributed by atoms with Crippen molar-refractivity contribution in [3.05, 3.63) is 35.9 Å². The van der Waals surface area contributed by atoms with Crippen LogP contribution in [0.25, 0.3) is 0 Å². The van der Waals surface area contributed by atoms with Crippen LogP contribution in [0.4, 0.5) is 0 Å². The molecule has 0 radical (unpaired) electrons. The van der Waals surface area contributed by atoms with E-state index in [-0.39, 0.29) is 11.6 Å². The van der Waals surface area contributed by atoms with Gasteiger partial charge in [-0.15, -0.1) is 0 Å². The van der Waals surface area contributed by atoms with Gasteiger partial charge >= 0.3 is 0 Å². The third-order valence-corrected chi connectivity index (χ3v) is 3.71. The zero-order valence-electron chi connectivity index (χ0n) is 13.0. The number of rotatable bonds is 11. The lowest BCUT2D eigenvalue weighted by Gasteiger charge is -2.09. The lowest BCUT2D eigenvalue weighted by molar-refractivity contribution is -0.119. The minimum Gasteiger partial charge on any atom is -0.315 e. The molecule has 0 spiro atoms. The van der Waals surface area contributed by atoms with Crippen LogP contribution in [0.15, 0.2) is 30.3 Å². The van der Waals surface area contributed by atoms with Gasteiger partial charge in [0.15, 0.2) is 11.6 Å². The Balaban J connectivity index is 2.24.